The normalized spacial score (nSPS) is 18.2. The summed E-state index contributed by atoms with van der Waals surface area (Å²) in [6.07, 6.45) is -0.923. The molecular weight excluding hydrogens is 404 g/mol. The molecule has 2 aromatic carbocycles. The predicted octanol–water partition coefficient (Wildman–Crippen LogP) is 4.83. The van der Waals surface area contributed by atoms with E-state index in [4.69, 9.17) is 12.2 Å². The van der Waals surface area contributed by atoms with Crippen LogP contribution in [0.2, 0.25) is 0 Å². The number of halogens is 2. The summed E-state index contributed by atoms with van der Waals surface area (Å²) in [7, 11) is 0. The van der Waals surface area contributed by atoms with Gasteiger partial charge in [-0.05, 0) is 38.1 Å². The van der Waals surface area contributed by atoms with E-state index in [2.05, 4.69) is 5.32 Å². The largest absolute Gasteiger partial charge is 0.347 e. The van der Waals surface area contributed by atoms with Crippen LogP contribution in [-0.2, 0) is 6.54 Å². The second-order valence-corrected chi connectivity index (χ2v) is 9.10. The third-order valence-electron chi connectivity index (χ3n) is 4.36. The highest BCUT2D eigenvalue weighted by Gasteiger charge is 2.49. The number of carbonyl (C=O) groups excluding carboxylic acids is 1. The van der Waals surface area contributed by atoms with E-state index in [0.29, 0.717) is 15.1 Å². The van der Waals surface area contributed by atoms with Crippen LogP contribution >= 0.6 is 24.0 Å². The third kappa shape index (κ3) is 4.11. The molecule has 0 spiro atoms. The van der Waals surface area contributed by atoms with E-state index in [1.54, 1.807) is 44.2 Å². The molecule has 148 valence electrons. The lowest BCUT2D eigenvalue weighted by Crippen LogP contribution is -2.55. The zero-order valence-electron chi connectivity index (χ0n) is 15.2. The summed E-state index contributed by atoms with van der Waals surface area (Å²) in [6.45, 7) is 3.38. The Labute approximate surface area is 171 Å². The molecule has 1 aliphatic rings. The van der Waals surface area contributed by atoms with Gasteiger partial charge in [-0.2, -0.15) is 5.06 Å². The smallest absolute Gasteiger partial charge is 0.329 e. The van der Waals surface area contributed by atoms with Gasteiger partial charge in [-0.15, -0.1) is 0 Å². The van der Waals surface area contributed by atoms with E-state index in [-0.39, 0.29) is 12.1 Å². The van der Waals surface area contributed by atoms with Crippen LogP contribution in [0.15, 0.2) is 48.5 Å². The van der Waals surface area contributed by atoms with Crippen molar-refractivity contribution in [2.75, 3.05) is 5.32 Å². The highest BCUT2D eigenvalue weighted by molar-refractivity contribution is 8.24. The van der Waals surface area contributed by atoms with E-state index in [1.165, 1.54) is 22.7 Å². The number of nitrogens with zero attached hydrogens (tertiary/aromatic N) is 2. The van der Waals surface area contributed by atoms with Crippen molar-refractivity contribution in [3.8, 4) is 0 Å². The number of para-hydroxylation sites is 1. The van der Waals surface area contributed by atoms with Crippen molar-refractivity contribution in [2.24, 2.45) is 0 Å². The molecule has 1 saturated heterocycles. The molecule has 5 nitrogen and oxygen atoms in total. The lowest BCUT2D eigenvalue weighted by molar-refractivity contribution is -0.116. The number of benzene rings is 2. The van der Waals surface area contributed by atoms with Gasteiger partial charge in [0.15, 0.2) is 0 Å². The van der Waals surface area contributed by atoms with Crippen LogP contribution in [0, 0.1) is 11.6 Å². The maximum Gasteiger partial charge on any atom is 0.347 e. The third-order valence-corrected chi connectivity index (χ3v) is 5.99. The van der Waals surface area contributed by atoms with Gasteiger partial charge in [-0.3, -0.25) is 5.21 Å². The first kappa shape index (κ1) is 20.5. The fraction of sp³-hybridized carbons (Fsp3) is 0.263. The van der Waals surface area contributed by atoms with Gasteiger partial charge < -0.3 is 10.2 Å². The maximum absolute atomic E-state index is 14.1. The molecule has 1 atom stereocenters. The van der Waals surface area contributed by atoms with Crippen LogP contribution in [0.1, 0.15) is 19.4 Å². The number of hydrogen-bond acceptors (Lipinski definition) is 4. The van der Waals surface area contributed by atoms with Crippen molar-refractivity contribution in [1.29, 1.82) is 0 Å². The summed E-state index contributed by atoms with van der Waals surface area (Å²) in [6, 6.07) is 11.5. The fourth-order valence-corrected chi connectivity index (χ4v) is 4.93. The molecule has 9 heteroatoms. The Morgan fingerprint density at radius 3 is 2.43 bits per heavy atom. The van der Waals surface area contributed by atoms with Crippen LogP contribution in [-0.4, -0.2) is 36.4 Å². The van der Waals surface area contributed by atoms with Crippen LogP contribution in [0.3, 0.4) is 0 Å². The molecule has 1 unspecified atom stereocenters. The lowest BCUT2D eigenvalue weighted by atomic mass is 10.1. The fourth-order valence-electron chi connectivity index (χ4n) is 3.06. The molecule has 0 aliphatic carbocycles. The van der Waals surface area contributed by atoms with Crippen molar-refractivity contribution in [2.45, 2.75) is 31.3 Å². The Balaban J connectivity index is 1.87. The predicted molar refractivity (Wildman–Crippen MR) is 109 cm³/mol. The van der Waals surface area contributed by atoms with Gasteiger partial charge in [-0.25, -0.2) is 13.6 Å². The zero-order valence-corrected chi connectivity index (χ0v) is 16.9. The summed E-state index contributed by atoms with van der Waals surface area (Å²) in [5, 5.41) is 13.8. The van der Waals surface area contributed by atoms with Crippen LogP contribution in [0.5, 0.6) is 0 Å². The molecule has 28 heavy (non-hydrogen) atoms. The topological polar surface area (TPSA) is 55.8 Å². The van der Waals surface area contributed by atoms with Crippen LogP contribution in [0.4, 0.5) is 19.3 Å². The number of thiocarbonyl (C=S) groups is 1. The minimum atomic E-state index is -0.923. The molecule has 1 heterocycles. The number of urea groups is 1. The number of thioether (sulfide) groups is 1. The number of amides is 2. The summed E-state index contributed by atoms with van der Waals surface area (Å²) in [4.78, 5) is 14.0. The molecule has 0 saturated carbocycles. The van der Waals surface area contributed by atoms with Crippen molar-refractivity contribution in [1.82, 2.24) is 9.96 Å². The summed E-state index contributed by atoms with van der Waals surface area (Å²) in [5.74, 6) is -1.43. The van der Waals surface area contributed by atoms with Crippen molar-refractivity contribution >= 4 is 40.0 Å². The molecule has 2 N–H and O–H groups in total. The van der Waals surface area contributed by atoms with Gasteiger partial charge >= 0.3 is 6.03 Å². The van der Waals surface area contributed by atoms with E-state index in [9.17, 15) is 18.8 Å². The van der Waals surface area contributed by atoms with Gasteiger partial charge in [0.05, 0.1) is 11.3 Å². The molecule has 0 aromatic heterocycles. The minimum Gasteiger partial charge on any atom is -0.329 e. The Kier molecular flexibility index (Phi) is 5.87. The number of nitrogens with one attached hydrogen (secondary N) is 1. The van der Waals surface area contributed by atoms with E-state index in [1.807, 2.05) is 0 Å². The highest BCUT2D eigenvalue weighted by atomic mass is 32.2. The average molecular weight is 424 g/mol. The van der Waals surface area contributed by atoms with Gasteiger partial charge in [0.1, 0.15) is 22.1 Å². The molecule has 0 radical (unpaired) electrons. The van der Waals surface area contributed by atoms with Crippen molar-refractivity contribution in [3.05, 3.63) is 65.7 Å². The Bertz CT molecular complexity index is 876. The molecule has 0 bridgehead atoms. The molecule has 2 amide bonds. The number of hydrogen-bond donors (Lipinski definition) is 2. The lowest BCUT2D eigenvalue weighted by Gasteiger charge is -2.37. The SMILES string of the molecule is CC1(C)SC(=S)N(Cc2c(F)cccc2F)C1N(O)C(=O)Nc1ccccc1. The molecule has 1 aliphatic heterocycles. The second kappa shape index (κ2) is 8.02. The first-order valence-corrected chi connectivity index (χ1v) is 9.70. The first-order chi connectivity index (χ1) is 13.2. The quantitative estimate of drug-likeness (QED) is 0.419. The molecule has 3 rings (SSSR count). The van der Waals surface area contributed by atoms with Crippen molar-refractivity contribution < 1.29 is 18.8 Å². The number of anilines is 1. The number of hydroxylamine groups is 2. The molecule has 2 aromatic rings. The van der Waals surface area contributed by atoms with E-state index >= 15 is 0 Å². The number of rotatable bonds is 4. The average Bonchev–Trinajstić information content (AvgIpc) is 2.86. The number of carbonyl (C=O) groups is 1. The zero-order chi connectivity index (χ0) is 20.5. The first-order valence-electron chi connectivity index (χ1n) is 8.47. The monoisotopic (exact) mass is 423 g/mol. The van der Waals surface area contributed by atoms with Gasteiger partial charge in [0, 0.05) is 11.3 Å². The second-order valence-electron chi connectivity index (χ2n) is 6.81. The Morgan fingerprint density at radius 2 is 1.82 bits per heavy atom. The summed E-state index contributed by atoms with van der Waals surface area (Å²) in [5.41, 5.74) is 0.328. The minimum absolute atomic E-state index is 0.176. The highest BCUT2D eigenvalue weighted by Crippen LogP contribution is 2.43. The Morgan fingerprint density at radius 1 is 1.21 bits per heavy atom. The van der Waals surface area contributed by atoms with Crippen molar-refractivity contribution in [3.63, 3.8) is 0 Å². The standard InChI is InChI=1S/C19H19F2N3O2S2/c1-19(2)16(24(26)17(25)22-12-7-4-3-5-8-12)23(18(27)28-19)11-13-14(20)9-6-10-15(13)21/h3-10,16,26H,11H2,1-2H3,(H,22,25). The van der Waals surface area contributed by atoms with E-state index < -0.39 is 28.6 Å². The molecule has 1 fully saturated rings. The van der Waals surface area contributed by atoms with Crippen LogP contribution < -0.4 is 5.32 Å². The van der Waals surface area contributed by atoms with Gasteiger partial charge in [-0.1, -0.05) is 48.2 Å². The van der Waals surface area contributed by atoms with E-state index in [0.717, 1.165) is 12.1 Å². The van der Waals surface area contributed by atoms with Gasteiger partial charge in [0.2, 0.25) is 0 Å². The maximum atomic E-state index is 14.1. The summed E-state index contributed by atoms with van der Waals surface area (Å²) < 4.78 is 27.9. The van der Waals surface area contributed by atoms with Crippen LogP contribution in [0.25, 0.3) is 0 Å². The summed E-state index contributed by atoms with van der Waals surface area (Å²) >= 11 is 6.61. The Hall–Kier alpha value is -2.23. The van der Waals surface area contributed by atoms with Gasteiger partial charge in [0.25, 0.3) is 0 Å². The molecular formula is C19H19F2N3O2S2.